The molecule has 0 bridgehead atoms. The van der Waals surface area contributed by atoms with Crippen LogP contribution in [0.3, 0.4) is 0 Å². The Labute approximate surface area is 458 Å². The molecule has 2 aromatic heterocycles. The van der Waals surface area contributed by atoms with Crippen LogP contribution in [-0.2, 0) is 16.1 Å². The predicted molar refractivity (Wildman–Crippen MR) is 311 cm³/mol. The molecule has 76 heavy (non-hydrogen) atoms. The van der Waals surface area contributed by atoms with E-state index in [2.05, 4.69) is 30.4 Å². The zero-order valence-corrected chi connectivity index (χ0v) is 47.1. The molecule has 2 heterocycles. The molecule has 0 aliphatic rings. The van der Waals surface area contributed by atoms with Crippen LogP contribution in [0, 0.1) is 0 Å². The highest BCUT2D eigenvalue weighted by molar-refractivity contribution is 5.93. The van der Waals surface area contributed by atoms with Gasteiger partial charge >= 0.3 is 11.9 Å². The molecule has 4 rings (SSSR count). The molecule has 0 saturated heterocycles. The van der Waals surface area contributed by atoms with Gasteiger partial charge in [0.25, 0.3) is 0 Å². The Morgan fingerprint density at radius 3 is 1.45 bits per heavy atom. The number of hydrogen-bond acceptors (Lipinski definition) is 11. The van der Waals surface area contributed by atoms with Crippen LogP contribution in [0.2, 0.25) is 0 Å². The standard InChI is InChI=1S/C65H95N3O8/c1-5-7-9-11-13-15-19-23-27-31-45-72-61-49-54(65(71)76-58-43-41-55(42-44-58)66-51-56-37-35-39-59(67-56)60-40-36-38-57(52-69)68-60)50-62(63(61)74-47-33-29-25-20-16-14-12-10-8-6-2)73-46-32-28-24-21-17-18-22-26-30-34-48-75-64(70)53(3)4/h35-44,49-51,69H,3,5-34,45-48,52H2,1-2,4H3. The van der Waals surface area contributed by atoms with Gasteiger partial charge in [0.2, 0.25) is 5.75 Å². The number of hydrogen-bond donors (Lipinski definition) is 1. The van der Waals surface area contributed by atoms with Crippen molar-refractivity contribution in [2.45, 2.75) is 220 Å². The van der Waals surface area contributed by atoms with Crippen molar-refractivity contribution < 1.29 is 38.4 Å². The highest BCUT2D eigenvalue weighted by Crippen LogP contribution is 2.40. The number of ether oxygens (including phenoxy) is 5. The molecule has 0 radical (unpaired) electrons. The zero-order valence-electron chi connectivity index (χ0n) is 47.1. The quantitative estimate of drug-likeness (QED) is 0.0150. The minimum atomic E-state index is -0.516. The lowest BCUT2D eigenvalue weighted by Crippen LogP contribution is -2.12. The Balaban J connectivity index is 1.39. The smallest absolute Gasteiger partial charge is 0.343 e. The number of aromatic nitrogens is 2. The Hall–Kier alpha value is -5.55. The minimum absolute atomic E-state index is 0.142. The Bertz CT molecular complexity index is 2230. The molecule has 4 aromatic rings. The molecule has 0 saturated carbocycles. The second-order valence-electron chi connectivity index (χ2n) is 20.4. The van der Waals surface area contributed by atoms with Gasteiger partial charge in [-0.2, -0.15) is 0 Å². The third-order valence-electron chi connectivity index (χ3n) is 13.5. The van der Waals surface area contributed by atoms with Gasteiger partial charge in [0.15, 0.2) is 11.5 Å². The van der Waals surface area contributed by atoms with Crippen molar-refractivity contribution in [1.82, 2.24) is 9.97 Å². The number of pyridine rings is 2. The number of unbranched alkanes of at least 4 members (excludes halogenated alkanes) is 27. The molecule has 1 N–H and O–H groups in total. The largest absolute Gasteiger partial charge is 0.490 e. The highest BCUT2D eigenvalue weighted by Gasteiger charge is 2.21. The lowest BCUT2D eigenvalue weighted by atomic mass is 10.1. The van der Waals surface area contributed by atoms with Crippen molar-refractivity contribution in [2.75, 3.05) is 26.4 Å². The van der Waals surface area contributed by atoms with Gasteiger partial charge in [-0.25, -0.2) is 19.6 Å². The molecule has 0 fully saturated rings. The van der Waals surface area contributed by atoms with Crippen LogP contribution in [0.1, 0.15) is 235 Å². The molecule has 0 aliphatic heterocycles. The zero-order chi connectivity index (χ0) is 54.1. The summed E-state index contributed by atoms with van der Waals surface area (Å²) in [7, 11) is 0. The monoisotopic (exact) mass is 1050 g/mol. The Morgan fingerprint density at radius 2 is 0.974 bits per heavy atom. The lowest BCUT2D eigenvalue weighted by Gasteiger charge is -2.19. The molecule has 0 unspecified atom stereocenters. The van der Waals surface area contributed by atoms with Crippen LogP contribution in [0.15, 0.2) is 89.9 Å². The molecule has 2 aromatic carbocycles. The average molecular weight is 1050 g/mol. The molecule has 418 valence electrons. The van der Waals surface area contributed by atoms with Crippen molar-refractivity contribution in [2.24, 2.45) is 4.99 Å². The van der Waals surface area contributed by atoms with Crippen molar-refractivity contribution in [1.29, 1.82) is 0 Å². The van der Waals surface area contributed by atoms with Crippen LogP contribution in [-0.4, -0.2) is 59.7 Å². The molecule has 0 amide bonds. The summed E-state index contributed by atoms with van der Waals surface area (Å²) in [6, 6.07) is 21.7. The molecule has 0 atom stereocenters. The fourth-order valence-corrected chi connectivity index (χ4v) is 8.96. The minimum Gasteiger partial charge on any atom is -0.490 e. The number of carbonyl (C=O) groups excluding carboxylic acids is 2. The van der Waals surface area contributed by atoms with Gasteiger partial charge in [-0.05, 0) is 93.3 Å². The van der Waals surface area contributed by atoms with E-state index in [0.717, 1.165) is 64.2 Å². The summed E-state index contributed by atoms with van der Waals surface area (Å²) >= 11 is 0. The van der Waals surface area contributed by atoms with E-state index in [9.17, 15) is 14.7 Å². The maximum absolute atomic E-state index is 14.0. The van der Waals surface area contributed by atoms with Gasteiger partial charge in [0.1, 0.15) is 5.75 Å². The van der Waals surface area contributed by atoms with E-state index >= 15 is 0 Å². The van der Waals surface area contributed by atoms with Gasteiger partial charge in [0, 0.05) is 5.57 Å². The fraction of sp³-hybridized carbons (Fsp3) is 0.585. The van der Waals surface area contributed by atoms with Crippen LogP contribution in [0.25, 0.3) is 11.4 Å². The number of carbonyl (C=O) groups is 2. The van der Waals surface area contributed by atoms with Gasteiger partial charge in [-0.15, -0.1) is 0 Å². The summed E-state index contributed by atoms with van der Waals surface area (Å²) in [4.78, 5) is 39.4. The predicted octanol–water partition coefficient (Wildman–Crippen LogP) is 17.6. The van der Waals surface area contributed by atoms with E-state index in [1.807, 2.05) is 30.3 Å². The van der Waals surface area contributed by atoms with Crippen LogP contribution in [0.5, 0.6) is 23.0 Å². The number of aliphatic hydroxyl groups excluding tert-OH is 1. The summed E-state index contributed by atoms with van der Waals surface area (Å²) in [5.74, 6) is 1.15. The molecule has 0 spiro atoms. The van der Waals surface area contributed by atoms with E-state index in [1.165, 1.54) is 128 Å². The Morgan fingerprint density at radius 1 is 0.539 bits per heavy atom. The SMILES string of the molecule is C=C(C)C(=O)OCCCCCCCCCCCCOc1cc(C(=O)Oc2ccc(N=Cc3cccc(-c4cccc(CO)n4)n3)cc2)cc(OCCCCCCCCCCCC)c1OCCCCCCCCCCCC. The molecule has 11 heteroatoms. The maximum Gasteiger partial charge on any atom is 0.343 e. The highest BCUT2D eigenvalue weighted by atomic mass is 16.5. The molecule has 11 nitrogen and oxygen atoms in total. The van der Waals surface area contributed by atoms with E-state index in [4.69, 9.17) is 28.7 Å². The van der Waals surface area contributed by atoms with Gasteiger partial charge < -0.3 is 28.8 Å². The molecular formula is C65H95N3O8. The number of rotatable bonds is 45. The first-order valence-corrected chi connectivity index (χ1v) is 29.6. The number of aliphatic hydroxyl groups is 1. The first-order chi connectivity index (χ1) is 37.3. The summed E-state index contributed by atoms with van der Waals surface area (Å²) in [5.41, 5.74) is 4.03. The van der Waals surface area contributed by atoms with Crippen molar-refractivity contribution in [3.05, 3.63) is 102 Å². The molecular weight excluding hydrogens is 951 g/mol. The number of aliphatic imine (C=N–C) groups is 1. The summed E-state index contributed by atoms with van der Waals surface area (Å²) < 4.78 is 30.8. The Kier molecular flexibility index (Phi) is 33.7. The van der Waals surface area contributed by atoms with Gasteiger partial charge in [-0.3, -0.25) is 4.99 Å². The second-order valence-corrected chi connectivity index (χ2v) is 20.4. The van der Waals surface area contributed by atoms with Crippen molar-refractivity contribution >= 4 is 23.8 Å². The van der Waals surface area contributed by atoms with E-state index in [0.29, 0.717) is 89.0 Å². The number of nitrogens with zero attached hydrogens (tertiary/aromatic N) is 3. The van der Waals surface area contributed by atoms with Crippen molar-refractivity contribution in [3.8, 4) is 34.4 Å². The van der Waals surface area contributed by atoms with E-state index in [1.54, 1.807) is 55.6 Å². The molecule has 0 aliphatic carbocycles. The van der Waals surface area contributed by atoms with E-state index in [-0.39, 0.29) is 12.6 Å². The summed E-state index contributed by atoms with van der Waals surface area (Å²) in [5, 5.41) is 9.54. The van der Waals surface area contributed by atoms with Crippen LogP contribution in [0.4, 0.5) is 5.69 Å². The van der Waals surface area contributed by atoms with E-state index < -0.39 is 5.97 Å². The number of esters is 2. The van der Waals surface area contributed by atoms with Gasteiger partial charge in [0.05, 0.1) is 73.3 Å². The second kappa shape index (κ2) is 40.7. The normalized spacial score (nSPS) is 11.3. The summed E-state index contributed by atoms with van der Waals surface area (Å²) in [6.45, 7) is 11.7. The average Bonchev–Trinajstić information content (AvgIpc) is 3.44. The lowest BCUT2D eigenvalue weighted by molar-refractivity contribution is -0.139. The fourth-order valence-electron chi connectivity index (χ4n) is 8.96. The number of benzene rings is 2. The third kappa shape index (κ3) is 27.5. The maximum atomic E-state index is 14.0. The van der Waals surface area contributed by atoms with Gasteiger partial charge in [-0.1, -0.05) is 200 Å². The van der Waals surface area contributed by atoms with Crippen LogP contribution >= 0.6 is 0 Å². The van der Waals surface area contributed by atoms with Crippen molar-refractivity contribution in [3.63, 3.8) is 0 Å². The first kappa shape index (κ1) is 63.0. The summed E-state index contributed by atoms with van der Waals surface area (Å²) in [6.07, 6.45) is 37.3. The first-order valence-electron chi connectivity index (χ1n) is 29.6. The third-order valence-corrected chi connectivity index (χ3v) is 13.5. The van der Waals surface area contributed by atoms with Crippen LogP contribution < -0.4 is 18.9 Å². The topological polar surface area (TPSA) is 139 Å².